The van der Waals surface area contributed by atoms with Crippen LogP contribution in [0.5, 0.6) is 5.75 Å². The molecule has 6 atom stereocenters. The molecule has 2 heterocycles. The van der Waals surface area contributed by atoms with Gasteiger partial charge in [-0.25, -0.2) is 4.90 Å². The van der Waals surface area contributed by atoms with E-state index in [9.17, 15) is 34.3 Å². The summed E-state index contributed by atoms with van der Waals surface area (Å²) in [5.74, 6) is -4.50. The van der Waals surface area contributed by atoms with Crippen LogP contribution in [0.3, 0.4) is 0 Å². The van der Waals surface area contributed by atoms with Crippen molar-refractivity contribution in [2.75, 3.05) is 9.80 Å². The van der Waals surface area contributed by atoms with Crippen molar-refractivity contribution in [2.45, 2.75) is 32.6 Å². The standard InChI is InChI=1S/C34H31BN2O7/c1-18-15-19(11-14-27(18)38)29-23-12-13-24-28(32(41)36(30(24)39)22-10-6-7-20(16-22)35(43)44)25(23)17-26-31(40)37(33(42)34(26,29)2)21-8-4-3-5-9-21/h3-12,14-16,24-26,28-29,38,43-44H,13,17H2,1-2H3. The molecule has 7 rings (SSSR count). The number of allylic oxidation sites excluding steroid dienone is 2. The van der Waals surface area contributed by atoms with Crippen molar-refractivity contribution < 1.29 is 34.3 Å². The van der Waals surface area contributed by atoms with Crippen LogP contribution >= 0.6 is 0 Å². The molecule has 0 radical (unpaired) electrons. The van der Waals surface area contributed by atoms with Gasteiger partial charge in [0, 0.05) is 5.92 Å². The largest absolute Gasteiger partial charge is 0.508 e. The fourth-order valence-electron chi connectivity index (χ4n) is 8.16. The molecule has 2 aliphatic heterocycles. The summed E-state index contributed by atoms with van der Waals surface area (Å²) in [6, 6.07) is 20.1. The number of phenols is 1. The Balaban J connectivity index is 1.36. The Hall–Kier alpha value is -4.54. The van der Waals surface area contributed by atoms with Crippen LogP contribution in [0.2, 0.25) is 0 Å². The van der Waals surface area contributed by atoms with E-state index in [-0.39, 0.29) is 41.0 Å². The minimum absolute atomic E-state index is 0.114. The number of carbonyl (C=O) groups excluding carboxylic acids is 4. The molecule has 3 aromatic rings. The zero-order chi connectivity index (χ0) is 31.1. The van der Waals surface area contributed by atoms with E-state index in [1.54, 1.807) is 55.5 Å². The lowest BCUT2D eigenvalue weighted by atomic mass is 9.51. The third-order valence-corrected chi connectivity index (χ3v) is 10.3. The van der Waals surface area contributed by atoms with Gasteiger partial charge in [0.25, 0.3) is 0 Å². The molecule has 3 aromatic carbocycles. The van der Waals surface area contributed by atoms with Crippen molar-refractivity contribution in [3.8, 4) is 5.75 Å². The van der Waals surface area contributed by atoms with Crippen LogP contribution in [0.4, 0.5) is 11.4 Å². The third-order valence-electron chi connectivity index (χ3n) is 10.3. The number of amides is 4. The zero-order valence-corrected chi connectivity index (χ0v) is 24.3. The van der Waals surface area contributed by atoms with Gasteiger partial charge in [0.2, 0.25) is 23.6 Å². The molecule has 44 heavy (non-hydrogen) atoms. The number of aryl methyl sites for hydroxylation is 1. The van der Waals surface area contributed by atoms with E-state index in [1.165, 1.54) is 17.0 Å². The number of imide groups is 2. The van der Waals surface area contributed by atoms with Crippen molar-refractivity contribution in [2.24, 2.45) is 29.1 Å². The molecule has 6 unspecified atom stereocenters. The molecule has 3 fully saturated rings. The van der Waals surface area contributed by atoms with Gasteiger partial charge in [-0.1, -0.05) is 54.1 Å². The van der Waals surface area contributed by atoms with Gasteiger partial charge >= 0.3 is 7.12 Å². The highest BCUT2D eigenvalue weighted by molar-refractivity contribution is 6.58. The maximum Gasteiger partial charge on any atom is 0.488 e. The molecule has 2 aliphatic carbocycles. The molecule has 2 saturated heterocycles. The number of fused-ring (bicyclic) bond motifs is 4. The molecule has 0 aromatic heterocycles. The molecule has 0 spiro atoms. The lowest BCUT2D eigenvalue weighted by Gasteiger charge is -2.49. The lowest BCUT2D eigenvalue weighted by molar-refractivity contribution is -0.131. The number of para-hydroxylation sites is 1. The molecule has 222 valence electrons. The Kier molecular flexibility index (Phi) is 6.42. The van der Waals surface area contributed by atoms with E-state index in [4.69, 9.17) is 0 Å². The molecule has 1 saturated carbocycles. The van der Waals surface area contributed by atoms with E-state index in [0.717, 1.165) is 16.0 Å². The van der Waals surface area contributed by atoms with E-state index < -0.39 is 48.0 Å². The quantitative estimate of drug-likeness (QED) is 0.242. The first-order valence-electron chi connectivity index (χ1n) is 14.8. The Morgan fingerprint density at radius 1 is 0.818 bits per heavy atom. The number of hydrogen-bond acceptors (Lipinski definition) is 7. The van der Waals surface area contributed by atoms with Crippen LogP contribution in [-0.2, 0) is 19.2 Å². The van der Waals surface area contributed by atoms with Crippen LogP contribution in [0.1, 0.15) is 36.8 Å². The van der Waals surface area contributed by atoms with Crippen molar-refractivity contribution in [3.63, 3.8) is 0 Å². The summed E-state index contributed by atoms with van der Waals surface area (Å²) < 4.78 is 0. The van der Waals surface area contributed by atoms with E-state index in [0.29, 0.717) is 17.7 Å². The summed E-state index contributed by atoms with van der Waals surface area (Å²) >= 11 is 0. The predicted octanol–water partition coefficient (Wildman–Crippen LogP) is 2.82. The number of hydrogen-bond donors (Lipinski definition) is 3. The summed E-state index contributed by atoms with van der Waals surface area (Å²) in [6.45, 7) is 3.60. The molecular formula is C34H31BN2O7. The highest BCUT2D eigenvalue weighted by Crippen LogP contribution is 2.63. The second-order valence-electron chi connectivity index (χ2n) is 12.5. The van der Waals surface area contributed by atoms with Gasteiger partial charge in [0.15, 0.2) is 0 Å². The minimum atomic E-state index is -1.76. The number of benzene rings is 3. The zero-order valence-electron chi connectivity index (χ0n) is 24.3. The average molecular weight is 590 g/mol. The van der Waals surface area contributed by atoms with Gasteiger partial charge in [-0.15, -0.1) is 0 Å². The summed E-state index contributed by atoms with van der Waals surface area (Å²) in [6.07, 6.45) is 2.50. The van der Waals surface area contributed by atoms with Crippen LogP contribution in [0.15, 0.2) is 84.4 Å². The number of nitrogens with zero attached hydrogens (tertiary/aromatic N) is 2. The molecule has 3 N–H and O–H groups in total. The van der Waals surface area contributed by atoms with Gasteiger partial charge in [0.05, 0.1) is 34.5 Å². The van der Waals surface area contributed by atoms with Crippen LogP contribution in [0, 0.1) is 36.0 Å². The second-order valence-corrected chi connectivity index (χ2v) is 12.5. The monoisotopic (exact) mass is 590 g/mol. The van der Waals surface area contributed by atoms with Gasteiger partial charge in [-0.3, -0.25) is 24.1 Å². The van der Waals surface area contributed by atoms with Crippen molar-refractivity contribution in [1.29, 1.82) is 0 Å². The van der Waals surface area contributed by atoms with Crippen LogP contribution in [0.25, 0.3) is 0 Å². The number of carbonyl (C=O) groups is 4. The van der Waals surface area contributed by atoms with Crippen molar-refractivity contribution >= 4 is 47.6 Å². The number of anilines is 2. The fourth-order valence-corrected chi connectivity index (χ4v) is 8.16. The van der Waals surface area contributed by atoms with Crippen LogP contribution in [-0.4, -0.2) is 45.9 Å². The number of rotatable bonds is 4. The normalized spacial score (nSPS) is 29.4. The summed E-state index contributed by atoms with van der Waals surface area (Å²) in [7, 11) is -1.76. The van der Waals surface area contributed by atoms with Gasteiger partial charge in [0.1, 0.15) is 5.75 Å². The van der Waals surface area contributed by atoms with E-state index in [2.05, 4.69) is 0 Å². The molecule has 0 bridgehead atoms. The van der Waals surface area contributed by atoms with E-state index >= 15 is 0 Å². The SMILES string of the molecule is Cc1cc(C2C3=CCC4C(=O)N(c5cccc(B(O)O)c5)C(=O)C4C3CC3C(=O)N(c4ccccc4)C(=O)C32C)ccc1O. The maximum absolute atomic E-state index is 14.4. The van der Waals surface area contributed by atoms with Gasteiger partial charge < -0.3 is 15.2 Å². The number of phenolic OH excluding ortho intramolecular Hbond substituents is 1. The molecular weight excluding hydrogens is 559 g/mol. The van der Waals surface area contributed by atoms with Crippen molar-refractivity contribution in [1.82, 2.24) is 0 Å². The smallest absolute Gasteiger partial charge is 0.488 e. The highest BCUT2D eigenvalue weighted by Gasteiger charge is 2.67. The Morgan fingerprint density at radius 3 is 2.25 bits per heavy atom. The first kappa shape index (κ1) is 28.2. The summed E-state index contributed by atoms with van der Waals surface area (Å²) in [5.41, 5.74) is 1.98. The Bertz CT molecular complexity index is 1770. The summed E-state index contributed by atoms with van der Waals surface area (Å²) in [5, 5.41) is 29.7. The first-order chi connectivity index (χ1) is 21.0. The molecule has 10 heteroatoms. The Morgan fingerprint density at radius 2 is 1.55 bits per heavy atom. The van der Waals surface area contributed by atoms with Crippen LogP contribution < -0.4 is 15.3 Å². The average Bonchev–Trinajstić information content (AvgIpc) is 3.38. The molecule has 4 aliphatic rings. The molecule has 4 amide bonds. The predicted molar refractivity (Wildman–Crippen MR) is 163 cm³/mol. The second kappa shape index (κ2) is 10.0. The lowest BCUT2D eigenvalue weighted by Crippen LogP contribution is -2.48. The van der Waals surface area contributed by atoms with Crippen molar-refractivity contribution in [3.05, 3.63) is 95.6 Å². The Labute approximate surface area is 254 Å². The fraction of sp³-hybridized carbons (Fsp3) is 0.294. The topological polar surface area (TPSA) is 135 Å². The summed E-state index contributed by atoms with van der Waals surface area (Å²) in [4.78, 5) is 59.0. The maximum atomic E-state index is 14.4. The van der Waals surface area contributed by atoms with Gasteiger partial charge in [-0.2, -0.15) is 0 Å². The first-order valence-corrected chi connectivity index (χ1v) is 14.8. The number of aromatic hydroxyl groups is 1. The molecule has 9 nitrogen and oxygen atoms in total. The highest BCUT2D eigenvalue weighted by atomic mass is 16.4. The van der Waals surface area contributed by atoms with Gasteiger partial charge in [-0.05, 0) is 79.5 Å². The minimum Gasteiger partial charge on any atom is -0.508 e. The third kappa shape index (κ3) is 3.87. The van der Waals surface area contributed by atoms with E-state index in [1.807, 2.05) is 25.1 Å².